The lowest BCUT2D eigenvalue weighted by Crippen LogP contribution is -2.29. The van der Waals surface area contributed by atoms with Crippen LogP contribution in [0.2, 0.25) is 0 Å². The maximum atomic E-state index is 12.2. The fourth-order valence-corrected chi connectivity index (χ4v) is 3.99. The Bertz CT molecular complexity index is 1430. The number of ether oxygens (including phenoxy) is 1. The van der Waals surface area contributed by atoms with Crippen LogP contribution in [0, 0.1) is 6.92 Å². The number of hydrogen-bond donors (Lipinski definition) is 2. The smallest absolute Gasteiger partial charge is 0.247 e. The normalized spacial score (nSPS) is 11.0. The zero-order valence-electron chi connectivity index (χ0n) is 21.8. The van der Waals surface area contributed by atoms with Crippen LogP contribution in [-0.4, -0.2) is 71.7 Å². The molecule has 0 aliphatic rings. The number of methoxy groups -OCH3 is 1. The lowest BCUT2D eigenvalue weighted by molar-refractivity contribution is -0.111. The molecule has 0 saturated carbocycles. The van der Waals surface area contributed by atoms with Crippen molar-refractivity contribution in [2.24, 2.45) is 0 Å². The van der Waals surface area contributed by atoms with Crippen molar-refractivity contribution in [3.8, 4) is 11.6 Å². The Hall–Kier alpha value is -4.44. The average Bonchev–Trinajstić information content (AvgIpc) is 3.24. The zero-order valence-corrected chi connectivity index (χ0v) is 21.8. The third-order valence-electron chi connectivity index (χ3n) is 5.98. The number of pyridine rings is 1. The molecular formula is C27H32N8O2. The SMILES string of the molecule is C=CC(=O)Nc1cc(Nc2cc(-n3cc(C)c4cccnc43)ncn2)c(OC)cc1N(C)CCN(C)C. The van der Waals surface area contributed by atoms with Crippen molar-refractivity contribution in [2.75, 3.05) is 56.9 Å². The van der Waals surface area contributed by atoms with Crippen molar-refractivity contribution in [1.29, 1.82) is 0 Å². The fourth-order valence-electron chi connectivity index (χ4n) is 3.99. The van der Waals surface area contributed by atoms with E-state index in [4.69, 9.17) is 4.74 Å². The van der Waals surface area contributed by atoms with Crippen molar-refractivity contribution in [3.63, 3.8) is 0 Å². The van der Waals surface area contributed by atoms with Gasteiger partial charge >= 0.3 is 0 Å². The Morgan fingerprint density at radius 2 is 1.95 bits per heavy atom. The van der Waals surface area contributed by atoms with Crippen LogP contribution in [0.3, 0.4) is 0 Å². The summed E-state index contributed by atoms with van der Waals surface area (Å²) in [6.07, 6.45) is 6.51. The zero-order chi connectivity index (χ0) is 26.5. The van der Waals surface area contributed by atoms with Gasteiger partial charge in [-0.3, -0.25) is 9.36 Å². The van der Waals surface area contributed by atoms with Crippen LogP contribution >= 0.6 is 0 Å². The highest BCUT2D eigenvalue weighted by molar-refractivity contribution is 6.02. The highest BCUT2D eigenvalue weighted by Crippen LogP contribution is 2.38. The minimum atomic E-state index is -0.301. The van der Waals surface area contributed by atoms with Gasteiger partial charge in [0, 0.05) is 50.0 Å². The van der Waals surface area contributed by atoms with Crippen molar-refractivity contribution >= 4 is 39.8 Å². The van der Waals surface area contributed by atoms with Crippen LogP contribution in [0.25, 0.3) is 16.9 Å². The first-order chi connectivity index (χ1) is 17.8. The van der Waals surface area contributed by atoms with Gasteiger partial charge in [0.1, 0.15) is 29.4 Å². The van der Waals surface area contributed by atoms with E-state index in [1.807, 2.05) is 69.2 Å². The predicted molar refractivity (Wildman–Crippen MR) is 148 cm³/mol. The monoisotopic (exact) mass is 500 g/mol. The average molecular weight is 501 g/mol. The summed E-state index contributed by atoms with van der Waals surface area (Å²) in [6, 6.07) is 9.52. The third kappa shape index (κ3) is 5.70. The highest BCUT2D eigenvalue weighted by atomic mass is 16.5. The molecule has 0 atom stereocenters. The number of amides is 1. The van der Waals surface area contributed by atoms with Gasteiger partial charge in [-0.15, -0.1) is 0 Å². The minimum Gasteiger partial charge on any atom is -0.494 e. The Morgan fingerprint density at radius 3 is 2.68 bits per heavy atom. The Kier molecular flexibility index (Phi) is 7.69. The van der Waals surface area contributed by atoms with Gasteiger partial charge in [-0.1, -0.05) is 6.58 Å². The molecule has 192 valence electrons. The van der Waals surface area contributed by atoms with Crippen LogP contribution in [-0.2, 0) is 4.79 Å². The van der Waals surface area contributed by atoms with Gasteiger partial charge in [-0.25, -0.2) is 15.0 Å². The number of aromatic nitrogens is 4. The molecule has 0 radical (unpaired) electrons. The molecular weight excluding hydrogens is 468 g/mol. The number of nitrogens with zero attached hydrogens (tertiary/aromatic N) is 6. The number of carbonyl (C=O) groups is 1. The van der Waals surface area contributed by atoms with Crippen molar-refractivity contribution in [3.05, 3.63) is 67.3 Å². The second-order valence-electron chi connectivity index (χ2n) is 8.93. The maximum Gasteiger partial charge on any atom is 0.247 e. The van der Waals surface area contributed by atoms with E-state index in [0.29, 0.717) is 28.8 Å². The summed E-state index contributed by atoms with van der Waals surface area (Å²) in [5, 5.41) is 7.30. The molecule has 0 aliphatic carbocycles. The van der Waals surface area contributed by atoms with E-state index in [2.05, 4.69) is 42.0 Å². The van der Waals surface area contributed by atoms with Crippen LogP contribution in [0.4, 0.5) is 22.9 Å². The van der Waals surface area contributed by atoms with Crippen molar-refractivity contribution in [2.45, 2.75) is 6.92 Å². The van der Waals surface area contributed by atoms with Gasteiger partial charge in [0.25, 0.3) is 0 Å². The number of aryl methyl sites for hydroxylation is 1. The van der Waals surface area contributed by atoms with Crippen molar-refractivity contribution in [1.82, 2.24) is 24.4 Å². The molecule has 3 aromatic heterocycles. The van der Waals surface area contributed by atoms with E-state index >= 15 is 0 Å². The van der Waals surface area contributed by atoms with Gasteiger partial charge in [-0.05, 0) is 50.9 Å². The minimum absolute atomic E-state index is 0.301. The number of likely N-dealkylation sites (N-methyl/N-ethyl adjacent to an activating group) is 2. The Morgan fingerprint density at radius 1 is 1.14 bits per heavy atom. The summed E-state index contributed by atoms with van der Waals surface area (Å²) < 4.78 is 7.64. The van der Waals surface area contributed by atoms with Gasteiger partial charge in [0.05, 0.1) is 24.2 Å². The Labute approximate surface area is 216 Å². The molecule has 4 rings (SSSR count). The third-order valence-corrected chi connectivity index (χ3v) is 5.98. The molecule has 4 aromatic rings. The van der Waals surface area contributed by atoms with Crippen LogP contribution in [0.1, 0.15) is 5.56 Å². The molecule has 0 fully saturated rings. The van der Waals surface area contributed by atoms with Crippen molar-refractivity contribution < 1.29 is 9.53 Å². The molecule has 10 nitrogen and oxygen atoms in total. The van der Waals surface area contributed by atoms with Crippen LogP contribution in [0.15, 0.2) is 61.7 Å². The van der Waals surface area contributed by atoms with E-state index in [-0.39, 0.29) is 5.91 Å². The molecule has 0 aliphatic heterocycles. The number of nitrogens with one attached hydrogen (secondary N) is 2. The summed E-state index contributed by atoms with van der Waals surface area (Å²) in [4.78, 5) is 29.8. The van der Waals surface area contributed by atoms with E-state index in [0.717, 1.165) is 35.4 Å². The van der Waals surface area contributed by atoms with Gasteiger partial charge in [-0.2, -0.15) is 0 Å². The quantitative estimate of drug-likeness (QED) is 0.315. The number of hydrogen-bond acceptors (Lipinski definition) is 8. The van der Waals surface area contributed by atoms with Crippen LogP contribution < -0.4 is 20.3 Å². The van der Waals surface area contributed by atoms with Crippen LogP contribution in [0.5, 0.6) is 5.75 Å². The molecule has 37 heavy (non-hydrogen) atoms. The molecule has 2 N–H and O–H groups in total. The molecule has 1 amide bonds. The largest absolute Gasteiger partial charge is 0.494 e. The first kappa shape index (κ1) is 25.6. The first-order valence-corrected chi connectivity index (χ1v) is 11.8. The molecule has 10 heteroatoms. The van der Waals surface area contributed by atoms with Gasteiger partial charge in [0.2, 0.25) is 5.91 Å². The second kappa shape index (κ2) is 11.1. The first-order valence-electron chi connectivity index (χ1n) is 11.8. The molecule has 0 saturated heterocycles. The van der Waals surface area contributed by atoms with E-state index in [1.165, 1.54) is 12.4 Å². The van der Waals surface area contributed by atoms with E-state index in [9.17, 15) is 4.79 Å². The number of anilines is 4. The standard InChI is InChI=1S/C27H32N8O2/c1-7-26(36)32-20-13-21(23(37-6)14-22(20)34(5)12-11-33(3)4)31-24-15-25(30-17-29-24)35-16-18(2)19-9-8-10-28-27(19)35/h7-10,13-17H,1,11-12H2,2-6H3,(H,32,36)(H,29,30,31). The molecule has 0 bridgehead atoms. The topological polar surface area (TPSA) is 100 Å². The molecule has 3 heterocycles. The summed E-state index contributed by atoms with van der Waals surface area (Å²) >= 11 is 0. The van der Waals surface area contributed by atoms with E-state index in [1.54, 1.807) is 13.3 Å². The maximum absolute atomic E-state index is 12.2. The highest BCUT2D eigenvalue weighted by Gasteiger charge is 2.17. The summed E-state index contributed by atoms with van der Waals surface area (Å²) in [5.74, 6) is 1.54. The Balaban J connectivity index is 1.71. The summed E-state index contributed by atoms with van der Waals surface area (Å²) in [6.45, 7) is 7.23. The number of carbonyl (C=O) groups excluding carboxylic acids is 1. The number of fused-ring (bicyclic) bond motifs is 1. The van der Waals surface area contributed by atoms with Gasteiger partial charge < -0.3 is 25.2 Å². The predicted octanol–water partition coefficient (Wildman–Crippen LogP) is 4.00. The number of benzene rings is 1. The molecule has 0 spiro atoms. The summed E-state index contributed by atoms with van der Waals surface area (Å²) in [7, 11) is 7.62. The number of rotatable bonds is 10. The summed E-state index contributed by atoms with van der Waals surface area (Å²) in [5.41, 5.74) is 4.02. The van der Waals surface area contributed by atoms with Gasteiger partial charge in [0.15, 0.2) is 0 Å². The second-order valence-corrected chi connectivity index (χ2v) is 8.93. The lowest BCUT2D eigenvalue weighted by Gasteiger charge is -2.26. The van der Waals surface area contributed by atoms with E-state index < -0.39 is 0 Å². The molecule has 1 aromatic carbocycles. The molecule has 0 unspecified atom stereocenters. The fraction of sp³-hybridized carbons (Fsp3) is 0.259. The lowest BCUT2D eigenvalue weighted by atomic mass is 10.2.